The maximum absolute atomic E-state index is 14.3. The Kier molecular flexibility index (Phi) is 6.26. The van der Waals surface area contributed by atoms with Crippen LogP contribution in [0.2, 0.25) is 0 Å². The van der Waals surface area contributed by atoms with E-state index in [-0.39, 0.29) is 30.1 Å². The summed E-state index contributed by atoms with van der Waals surface area (Å²) in [6.07, 6.45) is 0. The number of hydrogen-bond donors (Lipinski definition) is 0. The maximum Gasteiger partial charge on any atom is 0.348 e. The van der Waals surface area contributed by atoms with Crippen molar-refractivity contribution >= 4 is 33.4 Å². The van der Waals surface area contributed by atoms with Crippen molar-refractivity contribution in [2.24, 2.45) is 0 Å². The Morgan fingerprint density at radius 3 is 2.64 bits per heavy atom. The maximum atomic E-state index is 14.3. The van der Waals surface area contributed by atoms with Gasteiger partial charge in [0.1, 0.15) is 23.1 Å². The van der Waals surface area contributed by atoms with Crippen LogP contribution in [0.3, 0.4) is 0 Å². The highest BCUT2D eigenvalue weighted by Crippen LogP contribution is 2.34. The summed E-state index contributed by atoms with van der Waals surface area (Å²) in [6, 6.07) is 11.8. The number of rotatable bonds is 7. The average Bonchev–Trinajstić information content (AvgIpc) is 3.05. The number of carbonyl (C=O) groups excluding carboxylic acids is 2. The third-order valence-corrected chi connectivity index (χ3v) is 5.13. The Morgan fingerprint density at radius 1 is 1.11 bits per heavy atom. The van der Waals surface area contributed by atoms with E-state index in [2.05, 4.69) is 0 Å². The molecule has 0 aliphatic carbocycles. The lowest BCUT2D eigenvalue weighted by Crippen LogP contribution is -2.15. The van der Waals surface area contributed by atoms with Crippen LogP contribution in [-0.2, 0) is 20.9 Å². The van der Waals surface area contributed by atoms with E-state index in [0.717, 1.165) is 16.9 Å². The van der Waals surface area contributed by atoms with Crippen LogP contribution in [0.4, 0.5) is 4.39 Å². The highest BCUT2D eigenvalue weighted by atomic mass is 32.1. The number of benzene rings is 2. The lowest BCUT2D eigenvalue weighted by molar-refractivity contribution is -0.147. The van der Waals surface area contributed by atoms with Crippen LogP contribution in [0.1, 0.15) is 27.7 Å². The third kappa shape index (κ3) is 4.48. The number of ether oxygens (including phenoxy) is 3. The second-order valence-corrected chi connectivity index (χ2v) is 7.06. The number of fused-ring (bicyclic) bond motifs is 1. The van der Waals surface area contributed by atoms with E-state index in [1.807, 2.05) is 19.1 Å². The van der Waals surface area contributed by atoms with E-state index in [1.54, 1.807) is 31.2 Å². The van der Waals surface area contributed by atoms with Crippen LogP contribution in [-0.4, -0.2) is 25.2 Å². The van der Waals surface area contributed by atoms with Crippen molar-refractivity contribution in [3.8, 4) is 5.75 Å². The fraction of sp³-hybridized carbons (Fsp3) is 0.238. The first kappa shape index (κ1) is 19.8. The van der Waals surface area contributed by atoms with Crippen molar-refractivity contribution in [1.82, 2.24) is 0 Å². The van der Waals surface area contributed by atoms with Crippen LogP contribution in [0, 0.1) is 12.7 Å². The van der Waals surface area contributed by atoms with Crippen LogP contribution in [0.5, 0.6) is 5.75 Å². The van der Waals surface area contributed by atoms with Crippen molar-refractivity contribution in [3.63, 3.8) is 0 Å². The van der Waals surface area contributed by atoms with Gasteiger partial charge in [-0.1, -0.05) is 18.2 Å². The summed E-state index contributed by atoms with van der Waals surface area (Å²) >= 11 is 1.11. The zero-order chi connectivity index (χ0) is 20.1. The molecule has 5 nitrogen and oxygen atoms in total. The molecule has 0 aliphatic heterocycles. The molecule has 7 heteroatoms. The first-order chi connectivity index (χ1) is 13.5. The molecule has 3 rings (SSSR count). The van der Waals surface area contributed by atoms with Gasteiger partial charge in [0.2, 0.25) is 0 Å². The molecule has 0 aliphatic rings. The second-order valence-electron chi connectivity index (χ2n) is 6.01. The lowest BCUT2D eigenvalue weighted by Gasteiger charge is -2.09. The van der Waals surface area contributed by atoms with Gasteiger partial charge in [0.05, 0.1) is 6.61 Å². The molecule has 28 heavy (non-hydrogen) atoms. The van der Waals surface area contributed by atoms with Gasteiger partial charge in [-0.25, -0.2) is 14.0 Å². The summed E-state index contributed by atoms with van der Waals surface area (Å²) in [4.78, 5) is 24.5. The Bertz CT molecular complexity index is 1010. The molecule has 0 bridgehead atoms. The highest BCUT2D eigenvalue weighted by Gasteiger charge is 2.23. The van der Waals surface area contributed by atoms with Gasteiger partial charge in [-0.15, -0.1) is 11.3 Å². The Morgan fingerprint density at radius 2 is 1.89 bits per heavy atom. The standard InChI is InChI=1S/C21H19FO5S/c1-3-25-21(24)20-15(19-16(22)8-5-9-17(19)28-20)11-27-18(23)12-26-14-7-4-6-13(2)10-14/h4-10H,3,11-12H2,1-2H3. The van der Waals surface area contributed by atoms with Crippen molar-refractivity contribution in [1.29, 1.82) is 0 Å². The molecule has 1 heterocycles. The third-order valence-electron chi connectivity index (χ3n) is 3.95. The highest BCUT2D eigenvalue weighted by molar-refractivity contribution is 7.21. The minimum atomic E-state index is -0.619. The number of aryl methyl sites for hydroxylation is 1. The molecule has 0 unspecified atom stereocenters. The normalized spacial score (nSPS) is 10.7. The van der Waals surface area contributed by atoms with E-state index in [1.165, 1.54) is 6.07 Å². The minimum absolute atomic E-state index is 0.194. The summed E-state index contributed by atoms with van der Waals surface area (Å²) in [5.41, 5.74) is 1.31. The smallest absolute Gasteiger partial charge is 0.348 e. The van der Waals surface area contributed by atoms with Gasteiger partial charge in [0.15, 0.2) is 6.61 Å². The largest absolute Gasteiger partial charge is 0.482 e. The molecule has 0 radical (unpaired) electrons. The molecule has 0 saturated carbocycles. The Labute approximate surface area is 165 Å². The predicted octanol–water partition coefficient (Wildman–Crippen LogP) is 4.65. The molecule has 0 spiro atoms. The van der Waals surface area contributed by atoms with Gasteiger partial charge < -0.3 is 14.2 Å². The van der Waals surface area contributed by atoms with Crippen molar-refractivity contribution < 1.29 is 28.2 Å². The van der Waals surface area contributed by atoms with Gasteiger partial charge in [-0.2, -0.15) is 0 Å². The lowest BCUT2D eigenvalue weighted by atomic mass is 10.1. The van der Waals surface area contributed by atoms with Crippen molar-refractivity contribution in [2.45, 2.75) is 20.5 Å². The molecule has 0 N–H and O–H groups in total. The predicted molar refractivity (Wildman–Crippen MR) is 104 cm³/mol. The number of hydrogen-bond acceptors (Lipinski definition) is 6. The van der Waals surface area contributed by atoms with E-state index < -0.39 is 17.8 Å². The first-order valence-electron chi connectivity index (χ1n) is 8.71. The molecule has 1 aromatic heterocycles. The average molecular weight is 402 g/mol. The fourth-order valence-corrected chi connectivity index (χ4v) is 3.82. The van der Waals surface area contributed by atoms with Gasteiger partial charge >= 0.3 is 11.9 Å². The summed E-state index contributed by atoms with van der Waals surface area (Å²) in [5.74, 6) is -1.11. The number of thiophene rings is 1. The zero-order valence-electron chi connectivity index (χ0n) is 15.5. The van der Waals surface area contributed by atoms with Crippen LogP contribution in [0.25, 0.3) is 10.1 Å². The molecule has 2 aromatic carbocycles. The van der Waals surface area contributed by atoms with E-state index in [9.17, 15) is 14.0 Å². The van der Waals surface area contributed by atoms with Crippen molar-refractivity contribution in [3.05, 3.63) is 64.3 Å². The Balaban J connectivity index is 1.74. The van der Waals surface area contributed by atoms with E-state index >= 15 is 0 Å². The summed E-state index contributed by atoms with van der Waals surface area (Å²) in [7, 11) is 0. The van der Waals surface area contributed by atoms with Gasteiger partial charge in [0.25, 0.3) is 0 Å². The van der Waals surface area contributed by atoms with Crippen molar-refractivity contribution in [2.75, 3.05) is 13.2 Å². The molecule has 3 aromatic rings. The molecule has 0 saturated heterocycles. The number of halogens is 1. The van der Waals surface area contributed by atoms with Gasteiger partial charge in [0, 0.05) is 15.6 Å². The second kappa shape index (κ2) is 8.84. The van der Waals surface area contributed by atoms with E-state index in [0.29, 0.717) is 16.0 Å². The zero-order valence-corrected chi connectivity index (χ0v) is 16.3. The summed E-state index contributed by atoms with van der Waals surface area (Å²) in [5, 5.41) is 0.267. The number of carbonyl (C=O) groups is 2. The topological polar surface area (TPSA) is 61.8 Å². The van der Waals surface area contributed by atoms with Crippen LogP contribution >= 0.6 is 11.3 Å². The first-order valence-corrected chi connectivity index (χ1v) is 9.53. The van der Waals surface area contributed by atoms with E-state index in [4.69, 9.17) is 14.2 Å². The summed E-state index contributed by atoms with van der Waals surface area (Å²) in [6.45, 7) is 3.26. The van der Waals surface area contributed by atoms with Gasteiger partial charge in [-0.05, 0) is 43.7 Å². The minimum Gasteiger partial charge on any atom is -0.482 e. The SMILES string of the molecule is CCOC(=O)c1sc2cccc(F)c2c1COC(=O)COc1cccc(C)c1. The molecule has 146 valence electrons. The fourth-order valence-electron chi connectivity index (χ4n) is 2.71. The molecule has 0 atom stereocenters. The molecular formula is C21H19FO5S. The monoisotopic (exact) mass is 402 g/mol. The Hall–Kier alpha value is -2.93. The van der Waals surface area contributed by atoms with Crippen LogP contribution in [0.15, 0.2) is 42.5 Å². The molecule has 0 amide bonds. The quantitative estimate of drug-likeness (QED) is 0.539. The summed E-state index contributed by atoms with van der Waals surface area (Å²) < 4.78 is 30.6. The molecular weight excluding hydrogens is 383 g/mol. The molecule has 0 fully saturated rings. The number of esters is 2. The van der Waals surface area contributed by atoms with Crippen LogP contribution < -0.4 is 4.74 Å². The van der Waals surface area contributed by atoms with Gasteiger partial charge in [-0.3, -0.25) is 0 Å².